The Labute approximate surface area is 108 Å². The Bertz CT molecular complexity index is 435. The van der Waals surface area contributed by atoms with Crippen molar-refractivity contribution >= 4 is 0 Å². The van der Waals surface area contributed by atoms with Crippen molar-refractivity contribution in [3.63, 3.8) is 0 Å². The van der Waals surface area contributed by atoms with E-state index in [9.17, 15) is 5.11 Å². The first-order chi connectivity index (χ1) is 8.72. The lowest BCUT2D eigenvalue weighted by Crippen LogP contribution is -2.42. The molecule has 1 saturated carbocycles. The van der Waals surface area contributed by atoms with Gasteiger partial charge in [-0.25, -0.2) is 0 Å². The van der Waals surface area contributed by atoms with E-state index in [0.717, 1.165) is 36.3 Å². The minimum Gasteiger partial charge on any atom is -0.497 e. The van der Waals surface area contributed by atoms with Crippen molar-refractivity contribution in [2.75, 3.05) is 7.11 Å². The summed E-state index contributed by atoms with van der Waals surface area (Å²) in [6.07, 6.45) is 6.12. The Balaban J connectivity index is 1.94. The monoisotopic (exact) mass is 248 g/mol. The molecule has 0 saturated heterocycles. The van der Waals surface area contributed by atoms with Gasteiger partial charge in [-0.3, -0.25) is 0 Å². The molecule has 1 spiro atoms. The highest BCUT2D eigenvalue weighted by Gasteiger charge is 2.41. The SMILES string of the molecule is COc1ccc2c(c1)OC1(CCCCC1)C[C@H]2O. The summed E-state index contributed by atoms with van der Waals surface area (Å²) >= 11 is 0. The molecule has 0 bridgehead atoms. The van der Waals surface area contributed by atoms with Gasteiger partial charge in [-0.2, -0.15) is 0 Å². The van der Waals surface area contributed by atoms with E-state index in [1.54, 1.807) is 7.11 Å². The van der Waals surface area contributed by atoms with Gasteiger partial charge in [-0.15, -0.1) is 0 Å². The quantitative estimate of drug-likeness (QED) is 0.829. The van der Waals surface area contributed by atoms with Crippen molar-refractivity contribution < 1.29 is 14.6 Å². The molecular formula is C15H20O3. The zero-order valence-electron chi connectivity index (χ0n) is 10.8. The Hall–Kier alpha value is -1.22. The molecule has 3 rings (SSSR count). The van der Waals surface area contributed by atoms with Crippen LogP contribution in [0.1, 0.15) is 50.2 Å². The zero-order chi connectivity index (χ0) is 12.6. The number of fused-ring (bicyclic) bond motifs is 1. The number of hydrogen-bond acceptors (Lipinski definition) is 3. The molecule has 1 aliphatic heterocycles. The average molecular weight is 248 g/mol. The molecule has 0 unspecified atom stereocenters. The number of methoxy groups -OCH3 is 1. The first-order valence-electron chi connectivity index (χ1n) is 6.77. The van der Waals surface area contributed by atoms with Crippen LogP contribution in [-0.2, 0) is 0 Å². The number of aliphatic hydroxyl groups excluding tert-OH is 1. The molecule has 1 atom stereocenters. The third-order valence-electron chi connectivity index (χ3n) is 4.24. The highest BCUT2D eigenvalue weighted by molar-refractivity contribution is 5.44. The van der Waals surface area contributed by atoms with E-state index in [1.807, 2.05) is 18.2 Å². The summed E-state index contributed by atoms with van der Waals surface area (Å²) in [6, 6.07) is 5.69. The maximum Gasteiger partial charge on any atom is 0.129 e. The van der Waals surface area contributed by atoms with Gasteiger partial charge in [0.25, 0.3) is 0 Å². The van der Waals surface area contributed by atoms with Crippen molar-refractivity contribution in [1.29, 1.82) is 0 Å². The molecule has 18 heavy (non-hydrogen) atoms. The van der Waals surface area contributed by atoms with Crippen LogP contribution in [0, 0.1) is 0 Å². The average Bonchev–Trinajstić information content (AvgIpc) is 2.38. The third-order valence-corrected chi connectivity index (χ3v) is 4.24. The van der Waals surface area contributed by atoms with Gasteiger partial charge in [0, 0.05) is 18.1 Å². The fraction of sp³-hybridized carbons (Fsp3) is 0.600. The molecule has 1 aliphatic carbocycles. The molecule has 1 aromatic rings. The summed E-state index contributed by atoms with van der Waals surface area (Å²) in [6.45, 7) is 0. The highest BCUT2D eigenvalue weighted by atomic mass is 16.5. The Morgan fingerprint density at radius 1 is 1.28 bits per heavy atom. The summed E-state index contributed by atoms with van der Waals surface area (Å²) in [5.74, 6) is 1.59. The largest absolute Gasteiger partial charge is 0.497 e. The van der Waals surface area contributed by atoms with Crippen LogP contribution in [0.3, 0.4) is 0 Å². The lowest BCUT2D eigenvalue weighted by molar-refractivity contribution is -0.0382. The van der Waals surface area contributed by atoms with Crippen molar-refractivity contribution in [2.24, 2.45) is 0 Å². The van der Waals surface area contributed by atoms with Gasteiger partial charge in [0.2, 0.25) is 0 Å². The van der Waals surface area contributed by atoms with Crippen LogP contribution in [0.25, 0.3) is 0 Å². The summed E-state index contributed by atoms with van der Waals surface area (Å²) < 4.78 is 11.5. The molecule has 3 heteroatoms. The van der Waals surface area contributed by atoms with Crippen molar-refractivity contribution in [1.82, 2.24) is 0 Å². The molecule has 3 nitrogen and oxygen atoms in total. The van der Waals surface area contributed by atoms with Crippen LogP contribution < -0.4 is 9.47 Å². The number of ether oxygens (including phenoxy) is 2. The minimum atomic E-state index is -0.405. The summed E-state index contributed by atoms with van der Waals surface area (Å²) in [7, 11) is 1.65. The van der Waals surface area contributed by atoms with E-state index >= 15 is 0 Å². The van der Waals surface area contributed by atoms with Crippen molar-refractivity contribution in [3.8, 4) is 11.5 Å². The zero-order valence-corrected chi connectivity index (χ0v) is 10.8. The number of aliphatic hydroxyl groups is 1. The van der Waals surface area contributed by atoms with E-state index in [-0.39, 0.29) is 5.60 Å². The van der Waals surface area contributed by atoms with E-state index in [0.29, 0.717) is 0 Å². The van der Waals surface area contributed by atoms with Crippen LogP contribution in [0.2, 0.25) is 0 Å². The van der Waals surface area contributed by atoms with Gasteiger partial charge in [-0.1, -0.05) is 6.42 Å². The van der Waals surface area contributed by atoms with Crippen molar-refractivity contribution in [2.45, 2.75) is 50.2 Å². The minimum absolute atomic E-state index is 0.142. The van der Waals surface area contributed by atoms with Gasteiger partial charge in [0.15, 0.2) is 0 Å². The molecule has 0 amide bonds. The van der Waals surface area contributed by atoms with Crippen LogP contribution in [0.4, 0.5) is 0 Å². The maximum absolute atomic E-state index is 10.3. The smallest absolute Gasteiger partial charge is 0.129 e. The van der Waals surface area contributed by atoms with Crippen LogP contribution in [-0.4, -0.2) is 17.8 Å². The summed E-state index contributed by atoms with van der Waals surface area (Å²) in [5, 5.41) is 10.3. The van der Waals surface area contributed by atoms with Gasteiger partial charge >= 0.3 is 0 Å². The topological polar surface area (TPSA) is 38.7 Å². The van der Waals surface area contributed by atoms with Crippen LogP contribution in [0.15, 0.2) is 18.2 Å². The standard InChI is InChI=1S/C15H20O3/c1-17-11-5-6-12-13(16)10-15(18-14(12)9-11)7-3-2-4-8-15/h5-6,9,13,16H,2-4,7-8,10H2,1H3/t13-/m1/s1. The molecule has 1 N–H and O–H groups in total. The molecule has 0 radical (unpaired) electrons. The second-order valence-electron chi connectivity index (χ2n) is 5.47. The molecule has 2 aliphatic rings. The molecular weight excluding hydrogens is 228 g/mol. The summed E-state index contributed by atoms with van der Waals surface area (Å²) in [4.78, 5) is 0. The highest BCUT2D eigenvalue weighted by Crippen LogP contribution is 2.46. The van der Waals surface area contributed by atoms with Gasteiger partial charge in [-0.05, 0) is 37.8 Å². The first-order valence-corrected chi connectivity index (χ1v) is 6.77. The molecule has 0 aromatic heterocycles. The fourth-order valence-corrected chi connectivity index (χ4v) is 3.24. The van der Waals surface area contributed by atoms with Gasteiger partial charge < -0.3 is 14.6 Å². The first kappa shape index (κ1) is 11.8. The molecule has 98 valence electrons. The Morgan fingerprint density at radius 3 is 2.78 bits per heavy atom. The number of rotatable bonds is 1. The number of hydrogen-bond donors (Lipinski definition) is 1. The summed E-state index contributed by atoms with van der Waals surface area (Å²) in [5.41, 5.74) is 0.754. The Morgan fingerprint density at radius 2 is 2.06 bits per heavy atom. The van der Waals surface area contributed by atoms with E-state index in [4.69, 9.17) is 9.47 Å². The normalized spacial score (nSPS) is 25.3. The van der Waals surface area contributed by atoms with Crippen molar-refractivity contribution in [3.05, 3.63) is 23.8 Å². The van der Waals surface area contributed by atoms with E-state index in [2.05, 4.69) is 0 Å². The van der Waals surface area contributed by atoms with Crippen LogP contribution in [0.5, 0.6) is 11.5 Å². The van der Waals surface area contributed by atoms with E-state index < -0.39 is 6.10 Å². The maximum atomic E-state index is 10.3. The molecule has 1 aromatic carbocycles. The van der Waals surface area contributed by atoms with Gasteiger partial charge in [0.1, 0.15) is 17.1 Å². The Kier molecular flexibility index (Phi) is 2.94. The second kappa shape index (κ2) is 4.47. The third kappa shape index (κ3) is 1.97. The fourth-order valence-electron chi connectivity index (χ4n) is 3.24. The predicted molar refractivity (Wildman–Crippen MR) is 69.0 cm³/mol. The molecule has 1 fully saturated rings. The second-order valence-corrected chi connectivity index (χ2v) is 5.47. The lowest BCUT2D eigenvalue weighted by atomic mass is 9.78. The lowest BCUT2D eigenvalue weighted by Gasteiger charge is -2.43. The van der Waals surface area contributed by atoms with Crippen LogP contribution >= 0.6 is 0 Å². The van der Waals surface area contributed by atoms with E-state index in [1.165, 1.54) is 19.3 Å². The predicted octanol–water partition coefficient (Wildman–Crippen LogP) is 3.21. The van der Waals surface area contributed by atoms with Gasteiger partial charge in [0.05, 0.1) is 13.2 Å². The number of benzene rings is 1. The molecule has 1 heterocycles.